The molecule has 1 heterocycles. The molecule has 3 aromatic rings. The zero-order valence-electron chi connectivity index (χ0n) is 16.4. The average Bonchev–Trinajstić information content (AvgIpc) is 3.20. The van der Waals surface area contributed by atoms with Crippen LogP contribution in [0.25, 0.3) is 0 Å². The highest BCUT2D eigenvalue weighted by Crippen LogP contribution is 2.29. The van der Waals surface area contributed by atoms with Gasteiger partial charge in [0, 0.05) is 23.4 Å². The Morgan fingerprint density at radius 1 is 1.07 bits per heavy atom. The molecule has 0 aliphatic carbocycles. The van der Waals surface area contributed by atoms with E-state index in [2.05, 4.69) is 15.6 Å². The van der Waals surface area contributed by atoms with Gasteiger partial charge in [0.25, 0.3) is 5.91 Å². The van der Waals surface area contributed by atoms with Crippen molar-refractivity contribution in [3.63, 3.8) is 0 Å². The Balaban J connectivity index is 1.53. The second kappa shape index (κ2) is 9.84. The van der Waals surface area contributed by atoms with Gasteiger partial charge in [0.1, 0.15) is 17.3 Å². The second-order valence-electron chi connectivity index (χ2n) is 6.22. The summed E-state index contributed by atoms with van der Waals surface area (Å²) in [6, 6.07) is 10.4. The Hall–Kier alpha value is -3.46. The summed E-state index contributed by atoms with van der Waals surface area (Å²) >= 11 is 1.26. The van der Waals surface area contributed by atoms with E-state index >= 15 is 0 Å². The zero-order chi connectivity index (χ0) is 21.5. The van der Waals surface area contributed by atoms with Crippen molar-refractivity contribution in [2.75, 3.05) is 24.9 Å². The molecule has 9 heteroatoms. The van der Waals surface area contributed by atoms with Crippen LogP contribution in [0.5, 0.6) is 11.5 Å². The summed E-state index contributed by atoms with van der Waals surface area (Å²) in [7, 11) is 3.07. The van der Waals surface area contributed by atoms with Crippen molar-refractivity contribution in [1.82, 2.24) is 4.98 Å². The van der Waals surface area contributed by atoms with E-state index in [0.717, 1.165) is 0 Å². The monoisotopic (exact) mass is 429 g/mol. The standard InChI is InChI=1S/C21H20FN3O4S/c1-28-16-8-9-17(18(11-16)29-2)24-19(26)10-7-15-12-30-21(23-15)25-20(27)13-3-5-14(22)6-4-13/h3-6,8-9,11-12H,7,10H2,1-2H3,(H,24,26)(H,23,25,27). The maximum absolute atomic E-state index is 13.0. The van der Waals surface area contributed by atoms with E-state index in [-0.39, 0.29) is 18.2 Å². The van der Waals surface area contributed by atoms with Gasteiger partial charge in [0.15, 0.2) is 5.13 Å². The number of carbonyl (C=O) groups excluding carboxylic acids is 2. The molecule has 2 amide bonds. The molecular weight excluding hydrogens is 409 g/mol. The first-order valence-electron chi connectivity index (χ1n) is 9.01. The summed E-state index contributed by atoms with van der Waals surface area (Å²) < 4.78 is 23.4. The lowest BCUT2D eigenvalue weighted by Gasteiger charge is -2.11. The number of methoxy groups -OCH3 is 2. The zero-order valence-corrected chi connectivity index (χ0v) is 17.2. The van der Waals surface area contributed by atoms with Gasteiger partial charge in [0.2, 0.25) is 5.91 Å². The molecule has 0 saturated carbocycles. The lowest BCUT2D eigenvalue weighted by Crippen LogP contribution is -2.13. The smallest absolute Gasteiger partial charge is 0.257 e. The molecule has 7 nitrogen and oxygen atoms in total. The third-order valence-corrected chi connectivity index (χ3v) is 4.98. The SMILES string of the molecule is COc1ccc(NC(=O)CCc2csc(NC(=O)c3ccc(F)cc3)n2)c(OC)c1. The van der Waals surface area contributed by atoms with Crippen LogP contribution in [0.3, 0.4) is 0 Å². The molecule has 30 heavy (non-hydrogen) atoms. The third-order valence-electron chi connectivity index (χ3n) is 4.17. The summed E-state index contributed by atoms with van der Waals surface area (Å²) in [5.41, 5.74) is 1.57. The summed E-state index contributed by atoms with van der Waals surface area (Å²) in [6.45, 7) is 0. The molecular formula is C21H20FN3O4S. The lowest BCUT2D eigenvalue weighted by molar-refractivity contribution is -0.116. The van der Waals surface area contributed by atoms with Crippen molar-refractivity contribution in [3.05, 3.63) is 64.9 Å². The van der Waals surface area contributed by atoms with Crippen LogP contribution in [0.2, 0.25) is 0 Å². The minimum absolute atomic E-state index is 0.191. The van der Waals surface area contributed by atoms with E-state index in [1.165, 1.54) is 42.7 Å². The van der Waals surface area contributed by atoms with Gasteiger partial charge in [-0.15, -0.1) is 11.3 Å². The molecule has 0 atom stereocenters. The van der Waals surface area contributed by atoms with Gasteiger partial charge in [-0.25, -0.2) is 9.37 Å². The van der Waals surface area contributed by atoms with Gasteiger partial charge in [-0.05, 0) is 42.8 Å². The quantitative estimate of drug-likeness (QED) is 0.562. The molecule has 156 valence electrons. The number of nitrogens with zero attached hydrogens (tertiary/aromatic N) is 1. The molecule has 0 unspecified atom stereocenters. The van der Waals surface area contributed by atoms with Crippen LogP contribution >= 0.6 is 11.3 Å². The topological polar surface area (TPSA) is 89.6 Å². The number of carbonyl (C=O) groups is 2. The molecule has 0 radical (unpaired) electrons. The van der Waals surface area contributed by atoms with E-state index in [9.17, 15) is 14.0 Å². The molecule has 0 saturated heterocycles. The predicted molar refractivity (Wildman–Crippen MR) is 113 cm³/mol. The first-order valence-corrected chi connectivity index (χ1v) is 9.89. The number of anilines is 2. The molecule has 2 N–H and O–H groups in total. The summed E-state index contributed by atoms with van der Waals surface area (Å²) in [5.74, 6) is 0.155. The molecule has 0 bridgehead atoms. The molecule has 0 spiro atoms. The predicted octanol–water partition coefficient (Wildman–Crippen LogP) is 4.12. The highest BCUT2D eigenvalue weighted by atomic mass is 32.1. The Labute approximate surface area is 176 Å². The lowest BCUT2D eigenvalue weighted by atomic mass is 10.2. The van der Waals surface area contributed by atoms with E-state index in [4.69, 9.17) is 9.47 Å². The summed E-state index contributed by atoms with van der Waals surface area (Å²) in [4.78, 5) is 28.8. The van der Waals surface area contributed by atoms with Crippen molar-refractivity contribution in [1.29, 1.82) is 0 Å². The van der Waals surface area contributed by atoms with E-state index in [1.807, 2.05) is 0 Å². The molecule has 3 rings (SSSR count). The van der Waals surface area contributed by atoms with Gasteiger partial charge >= 0.3 is 0 Å². The number of ether oxygens (including phenoxy) is 2. The fourth-order valence-corrected chi connectivity index (χ4v) is 3.35. The number of amides is 2. The van der Waals surface area contributed by atoms with Gasteiger partial charge in [0.05, 0.1) is 25.6 Å². The number of aryl methyl sites for hydroxylation is 1. The number of nitrogens with one attached hydrogen (secondary N) is 2. The third kappa shape index (κ3) is 5.54. The first-order chi connectivity index (χ1) is 14.5. The van der Waals surface area contributed by atoms with Crippen LogP contribution in [0.15, 0.2) is 47.8 Å². The van der Waals surface area contributed by atoms with Crippen molar-refractivity contribution >= 4 is 34.0 Å². The highest BCUT2D eigenvalue weighted by Gasteiger charge is 2.12. The number of rotatable bonds is 8. The Kier molecular flexibility index (Phi) is 6.97. The Bertz CT molecular complexity index is 1040. The van der Waals surface area contributed by atoms with Gasteiger partial charge in [-0.2, -0.15) is 0 Å². The van der Waals surface area contributed by atoms with E-state index in [0.29, 0.717) is 40.0 Å². The average molecular weight is 429 g/mol. The minimum Gasteiger partial charge on any atom is -0.497 e. The number of aromatic nitrogens is 1. The summed E-state index contributed by atoms with van der Waals surface area (Å²) in [6.07, 6.45) is 0.623. The largest absolute Gasteiger partial charge is 0.497 e. The Morgan fingerprint density at radius 2 is 1.83 bits per heavy atom. The molecule has 0 fully saturated rings. The minimum atomic E-state index is -0.409. The van der Waals surface area contributed by atoms with Crippen molar-refractivity contribution in [2.24, 2.45) is 0 Å². The van der Waals surface area contributed by atoms with Crippen LogP contribution in [0, 0.1) is 5.82 Å². The number of hydrogen-bond donors (Lipinski definition) is 2. The second-order valence-corrected chi connectivity index (χ2v) is 7.08. The van der Waals surface area contributed by atoms with Crippen molar-refractivity contribution in [2.45, 2.75) is 12.8 Å². The van der Waals surface area contributed by atoms with Gasteiger partial charge in [-0.1, -0.05) is 0 Å². The van der Waals surface area contributed by atoms with Crippen LogP contribution in [-0.4, -0.2) is 31.0 Å². The number of hydrogen-bond acceptors (Lipinski definition) is 6. The molecule has 0 aliphatic heterocycles. The number of thiazole rings is 1. The summed E-state index contributed by atoms with van der Waals surface area (Å²) in [5, 5.41) is 7.67. The first kappa shape index (κ1) is 21.3. The van der Waals surface area contributed by atoms with Gasteiger partial charge in [-0.3, -0.25) is 14.9 Å². The normalized spacial score (nSPS) is 10.4. The molecule has 0 aliphatic rings. The van der Waals surface area contributed by atoms with Crippen LogP contribution in [-0.2, 0) is 11.2 Å². The molecule has 1 aromatic heterocycles. The van der Waals surface area contributed by atoms with E-state index < -0.39 is 5.82 Å². The van der Waals surface area contributed by atoms with Gasteiger partial charge < -0.3 is 14.8 Å². The molecule has 2 aromatic carbocycles. The van der Waals surface area contributed by atoms with Crippen LogP contribution in [0.4, 0.5) is 15.2 Å². The van der Waals surface area contributed by atoms with Crippen LogP contribution < -0.4 is 20.1 Å². The number of halogens is 1. The number of benzene rings is 2. The van der Waals surface area contributed by atoms with E-state index in [1.54, 1.807) is 30.7 Å². The fraction of sp³-hybridized carbons (Fsp3) is 0.190. The van der Waals surface area contributed by atoms with Crippen molar-refractivity contribution < 1.29 is 23.5 Å². The maximum atomic E-state index is 13.0. The fourth-order valence-electron chi connectivity index (χ4n) is 2.61. The maximum Gasteiger partial charge on any atom is 0.257 e. The van der Waals surface area contributed by atoms with Crippen LogP contribution in [0.1, 0.15) is 22.5 Å². The Morgan fingerprint density at radius 3 is 2.53 bits per heavy atom. The highest BCUT2D eigenvalue weighted by molar-refractivity contribution is 7.14. The van der Waals surface area contributed by atoms with Crippen molar-refractivity contribution in [3.8, 4) is 11.5 Å².